The van der Waals surface area contributed by atoms with E-state index < -0.39 is 14.5 Å². The van der Waals surface area contributed by atoms with E-state index in [-0.39, 0.29) is 0 Å². The molecule has 0 radical (unpaired) electrons. The SMILES string of the molecule is C[n+]1ccccc1-c1cc(-c2ccc3ccccc3c2)[o+]c(-c2ccc3ccccc3c2)c1.F[B-](F)(F)F.F[B-](F)(F)F. The Morgan fingerprint density at radius 3 is 1.28 bits per heavy atom. The molecule has 6 rings (SSSR count). The van der Waals surface area contributed by atoms with Gasteiger partial charge >= 0.3 is 26.0 Å². The Bertz CT molecular complexity index is 1740. The van der Waals surface area contributed by atoms with Crippen molar-refractivity contribution in [2.45, 2.75) is 0 Å². The standard InChI is InChI=1S/C31H23NO.2BF4/c1-32-17-7-6-12-29(32)28-20-30(26-15-13-22-8-2-4-10-24(22)18-26)33-31(21-28)27-16-14-23-9-3-5-11-25(23)19-27;2*2-1(3,4)5/h2-21H,1H3;;/q+2;2*-1. The minimum absolute atomic E-state index is 0.852. The Balaban J connectivity index is 0.000000369. The van der Waals surface area contributed by atoms with Crippen LogP contribution in [0, 0.1) is 0 Å². The molecule has 0 spiro atoms. The van der Waals surface area contributed by atoms with Gasteiger partial charge in [0.15, 0.2) is 6.20 Å². The molecule has 4 aromatic carbocycles. The number of hydrogen-bond donors (Lipinski definition) is 0. The predicted octanol–water partition coefficient (Wildman–Crippen LogP) is 10.3. The molecule has 0 bridgehead atoms. The molecule has 0 unspecified atom stereocenters. The first-order chi connectivity index (χ1) is 20.2. The number of fused-ring (bicyclic) bond motifs is 2. The topological polar surface area (TPSA) is 15.2 Å². The molecule has 0 N–H and O–H groups in total. The molecule has 12 heteroatoms. The van der Waals surface area contributed by atoms with Crippen molar-refractivity contribution < 1.29 is 43.5 Å². The first kappa shape index (κ1) is 31.2. The lowest BCUT2D eigenvalue weighted by Crippen LogP contribution is -2.29. The predicted molar refractivity (Wildman–Crippen MR) is 156 cm³/mol. The van der Waals surface area contributed by atoms with Gasteiger partial charge in [0.05, 0.1) is 28.8 Å². The van der Waals surface area contributed by atoms with E-state index in [1.54, 1.807) is 0 Å². The normalized spacial score (nSPS) is 11.4. The fraction of sp³-hybridized carbons (Fsp3) is 0.0323. The largest absolute Gasteiger partial charge is 0.673 e. The first-order valence-electron chi connectivity index (χ1n) is 12.9. The molecule has 43 heavy (non-hydrogen) atoms. The van der Waals surface area contributed by atoms with Crippen molar-refractivity contribution in [1.82, 2.24) is 0 Å². The van der Waals surface area contributed by atoms with Gasteiger partial charge in [-0.2, -0.15) is 0 Å². The maximum atomic E-state index is 9.75. The van der Waals surface area contributed by atoms with E-state index in [1.807, 2.05) is 6.07 Å². The quantitative estimate of drug-likeness (QED) is 0.0856. The fourth-order valence-corrected chi connectivity index (χ4v) is 4.44. The Morgan fingerprint density at radius 2 is 0.860 bits per heavy atom. The van der Waals surface area contributed by atoms with Crippen LogP contribution >= 0.6 is 0 Å². The van der Waals surface area contributed by atoms with Crippen LogP contribution in [0.5, 0.6) is 0 Å². The Labute approximate surface area is 242 Å². The monoisotopic (exact) mass is 599 g/mol. The lowest BCUT2D eigenvalue weighted by Gasteiger charge is -2.03. The third kappa shape index (κ3) is 9.39. The summed E-state index contributed by atoms with van der Waals surface area (Å²) in [6, 6.07) is 40.4. The third-order valence-corrected chi connectivity index (χ3v) is 6.21. The van der Waals surface area contributed by atoms with Gasteiger partial charge in [-0.25, -0.2) is 8.98 Å². The molecule has 0 saturated carbocycles. The molecule has 2 aromatic heterocycles. The number of nitrogens with zero attached hydrogens (tertiary/aromatic N) is 1. The van der Waals surface area contributed by atoms with Gasteiger partial charge in [-0.1, -0.05) is 60.7 Å². The zero-order chi connectivity index (χ0) is 31.2. The first-order valence-corrected chi connectivity index (χ1v) is 12.9. The Morgan fingerprint density at radius 1 is 0.465 bits per heavy atom. The number of aryl methyl sites for hydroxylation is 1. The zero-order valence-electron chi connectivity index (χ0n) is 22.6. The van der Waals surface area contributed by atoms with E-state index in [0.717, 1.165) is 33.9 Å². The number of hydrogen-bond acceptors (Lipinski definition) is 0. The van der Waals surface area contributed by atoms with Gasteiger partial charge in [0, 0.05) is 12.1 Å². The van der Waals surface area contributed by atoms with Gasteiger partial charge < -0.3 is 34.5 Å². The number of aromatic nitrogens is 1. The summed E-state index contributed by atoms with van der Waals surface area (Å²) in [6.07, 6.45) is 2.07. The van der Waals surface area contributed by atoms with Crippen molar-refractivity contribution >= 4 is 36.1 Å². The van der Waals surface area contributed by atoms with E-state index >= 15 is 0 Å². The van der Waals surface area contributed by atoms with Crippen LogP contribution in [0.15, 0.2) is 126 Å². The highest BCUT2D eigenvalue weighted by Crippen LogP contribution is 2.34. The Hall–Kier alpha value is -4.73. The van der Waals surface area contributed by atoms with Crippen LogP contribution in [0.4, 0.5) is 34.5 Å². The summed E-state index contributed by atoms with van der Waals surface area (Å²) in [5.41, 5.74) is 4.39. The molecule has 0 fully saturated rings. The van der Waals surface area contributed by atoms with Gasteiger partial charge in [-0.05, 0) is 51.9 Å². The van der Waals surface area contributed by atoms with Crippen molar-refractivity contribution in [3.05, 3.63) is 121 Å². The van der Waals surface area contributed by atoms with Crippen LogP contribution in [0.1, 0.15) is 0 Å². The van der Waals surface area contributed by atoms with Crippen molar-refractivity contribution in [2.75, 3.05) is 0 Å². The van der Waals surface area contributed by atoms with Gasteiger partial charge in [-0.3, -0.25) is 0 Å². The lowest BCUT2D eigenvalue weighted by molar-refractivity contribution is -0.660. The van der Waals surface area contributed by atoms with Gasteiger partial charge in [0.1, 0.15) is 7.05 Å². The van der Waals surface area contributed by atoms with Crippen LogP contribution in [0.3, 0.4) is 0 Å². The van der Waals surface area contributed by atoms with Crippen molar-refractivity contribution in [1.29, 1.82) is 0 Å². The lowest BCUT2D eigenvalue weighted by atomic mass is 10.0. The molecule has 220 valence electrons. The second-order valence-electron chi connectivity index (χ2n) is 9.38. The van der Waals surface area contributed by atoms with Crippen LogP contribution in [0.25, 0.3) is 55.4 Å². The van der Waals surface area contributed by atoms with Crippen molar-refractivity contribution in [3.63, 3.8) is 0 Å². The molecule has 0 aliphatic rings. The summed E-state index contributed by atoms with van der Waals surface area (Å²) in [5, 5.41) is 4.85. The summed E-state index contributed by atoms with van der Waals surface area (Å²) < 4.78 is 86.7. The van der Waals surface area contributed by atoms with E-state index in [4.69, 9.17) is 4.42 Å². The van der Waals surface area contributed by atoms with Crippen LogP contribution in [0.2, 0.25) is 0 Å². The Kier molecular flexibility index (Phi) is 9.48. The second-order valence-corrected chi connectivity index (χ2v) is 9.38. The molecule has 0 aliphatic heterocycles. The van der Waals surface area contributed by atoms with E-state index in [9.17, 15) is 34.5 Å². The number of pyridine rings is 1. The van der Waals surface area contributed by atoms with Crippen molar-refractivity contribution in [2.24, 2.45) is 7.05 Å². The maximum absolute atomic E-state index is 9.75. The van der Waals surface area contributed by atoms with E-state index in [0.29, 0.717) is 0 Å². The minimum Gasteiger partial charge on any atom is -0.418 e. The van der Waals surface area contributed by atoms with Gasteiger partial charge in [-0.15, -0.1) is 0 Å². The minimum atomic E-state index is -6.00. The zero-order valence-corrected chi connectivity index (χ0v) is 22.6. The molecule has 2 heterocycles. The highest BCUT2D eigenvalue weighted by atomic mass is 19.5. The van der Waals surface area contributed by atoms with E-state index in [1.165, 1.54) is 21.5 Å². The van der Waals surface area contributed by atoms with Gasteiger partial charge in [0.2, 0.25) is 5.69 Å². The summed E-state index contributed by atoms with van der Waals surface area (Å²) in [5.74, 6) is 1.70. The highest BCUT2D eigenvalue weighted by Gasteiger charge is 2.24. The van der Waals surface area contributed by atoms with Crippen LogP contribution < -0.4 is 4.57 Å². The van der Waals surface area contributed by atoms with Crippen LogP contribution in [-0.2, 0) is 7.05 Å². The summed E-state index contributed by atoms with van der Waals surface area (Å²) in [7, 11) is -9.93. The number of halogens is 8. The second kappa shape index (κ2) is 13.1. The third-order valence-electron chi connectivity index (χ3n) is 6.21. The number of benzene rings is 4. The summed E-state index contributed by atoms with van der Waals surface area (Å²) in [6.45, 7) is 0. The molecular weight excluding hydrogens is 576 g/mol. The molecule has 6 aromatic rings. The molecule has 0 aliphatic carbocycles. The molecule has 2 nitrogen and oxygen atoms in total. The molecule has 0 atom stereocenters. The smallest absolute Gasteiger partial charge is 0.418 e. The average molecular weight is 599 g/mol. The molecule has 0 saturated heterocycles. The van der Waals surface area contributed by atoms with Crippen molar-refractivity contribution in [3.8, 4) is 33.9 Å². The molecular formula is C31H23B2F8NO. The van der Waals surface area contributed by atoms with Crippen LogP contribution in [-0.4, -0.2) is 14.5 Å². The maximum Gasteiger partial charge on any atom is 0.673 e. The summed E-state index contributed by atoms with van der Waals surface area (Å²) >= 11 is 0. The summed E-state index contributed by atoms with van der Waals surface area (Å²) in [4.78, 5) is 0. The average Bonchev–Trinajstić information content (AvgIpc) is 2.95. The molecule has 0 amide bonds. The fourth-order valence-electron chi connectivity index (χ4n) is 4.44. The highest BCUT2D eigenvalue weighted by molar-refractivity contribution is 6.50. The van der Waals surface area contributed by atoms with E-state index in [2.05, 4.69) is 127 Å². The van der Waals surface area contributed by atoms with Gasteiger partial charge in [0.25, 0.3) is 0 Å². The number of rotatable bonds is 3.